The highest BCUT2D eigenvalue weighted by Gasteiger charge is 2.31. The molecule has 0 bridgehead atoms. The zero-order valence-corrected chi connectivity index (χ0v) is 17.6. The number of aromatic nitrogens is 2. The molecule has 1 heterocycles. The Labute approximate surface area is 162 Å². The van der Waals surface area contributed by atoms with Gasteiger partial charge in [-0.1, -0.05) is 39.3 Å². The summed E-state index contributed by atoms with van der Waals surface area (Å²) in [4.78, 5) is 19.3. The van der Waals surface area contributed by atoms with Crippen molar-refractivity contribution in [3.8, 4) is 0 Å². The van der Waals surface area contributed by atoms with Gasteiger partial charge in [-0.25, -0.2) is 0 Å². The van der Waals surface area contributed by atoms with E-state index in [1.54, 1.807) is 0 Å². The lowest BCUT2D eigenvalue weighted by Crippen LogP contribution is -2.42. The monoisotopic (exact) mass is 372 g/mol. The number of hydrogen-bond donors (Lipinski definition) is 1. The fourth-order valence-corrected chi connectivity index (χ4v) is 2.59. The van der Waals surface area contributed by atoms with Gasteiger partial charge in [0, 0.05) is 30.3 Å². The van der Waals surface area contributed by atoms with Gasteiger partial charge in [0.1, 0.15) is 0 Å². The topological polar surface area (TPSA) is 71.3 Å². The van der Waals surface area contributed by atoms with Gasteiger partial charge < -0.3 is 14.7 Å². The number of carbonyl (C=O) groups is 1. The van der Waals surface area contributed by atoms with Crippen LogP contribution in [0.15, 0.2) is 28.8 Å². The van der Waals surface area contributed by atoms with E-state index in [9.17, 15) is 4.79 Å². The molecule has 148 valence electrons. The van der Waals surface area contributed by atoms with Crippen LogP contribution in [0.3, 0.4) is 0 Å². The molecule has 27 heavy (non-hydrogen) atoms. The predicted octanol–water partition coefficient (Wildman–Crippen LogP) is 4.27. The maximum atomic E-state index is 12.7. The summed E-state index contributed by atoms with van der Waals surface area (Å²) in [6, 6.07) is 7.65. The molecule has 0 fully saturated rings. The third-order valence-corrected chi connectivity index (χ3v) is 4.47. The molecule has 0 aliphatic heterocycles. The average Bonchev–Trinajstić information content (AvgIpc) is 3.11. The number of hydrogen-bond acceptors (Lipinski definition) is 5. The van der Waals surface area contributed by atoms with Crippen LogP contribution in [0.5, 0.6) is 0 Å². The second kappa shape index (κ2) is 8.11. The maximum absolute atomic E-state index is 12.7. The van der Waals surface area contributed by atoms with Crippen LogP contribution in [-0.2, 0) is 11.0 Å². The van der Waals surface area contributed by atoms with Crippen LogP contribution in [0.4, 0.5) is 5.69 Å². The van der Waals surface area contributed by atoms with Crippen LogP contribution >= 0.6 is 0 Å². The molecule has 6 heteroatoms. The summed E-state index contributed by atoms with van der Waals surface area (Å²) in [7, 11) is 2.07. The molecule has 1 N–H and O–H groups in total. The van der Waals surface area contributed by atoms with Gasteiger partial charge in [-0.05, 0) is 44.5 Å². The highest BCUT2D eigenvalue weighted by molar-refractivity contribution is 5.95. The molecule has 2 rings (SSSR count). The van der Waals surface area contributed by atoms with Crippen LogP contribution in [0.1, 0.15) is 76.5 Å². The fourth-order valence-electron chi connectivity index (χ4n) is 2.59. The molecule has 6 nitrogen and oxygen atoms in total. The van der Waals surface area contributed by atoms with E-state index in [1.807, 2.05) is 58.9 Å². The van der Waals surface area contributed by atoms with E-state index >= 15 is 0 Å². The number of nitrogens with zero attached hydrogens (tertiary/aromatic N) is 3. The second-order valence-corrected chi connectivity index (χ2v) is 8.57. The quantitative estimate of drug-likeness (QED) is 0.786. The number of nitrogens with one attached hydrogen (secondary N) is 1. The first kappa shape index (κ1) is 20.9. The van der Waals surface area contributed by atoms with Crippen molar-refractivity contribution in [1.29, 1.82) is 0 Å². The summed E-state index contributed by atoms with van der Waals surface area (Å²) in [6.45, 7) is 12.9. The van der Waals surface area contributed by atoms with Crippen molar-refractivity contribution < 1.29 is 9.32 Å². The van der Waals surface area contributed by atoms with Gasteiger partial charge in [-0.2, -0.15) is 4.98 Å². The molecule has 0 unspecified atom stereocenters. The van der Waals surface area contributed by atoms with Gasteiger partial charge in [0.25, 0.3) is 5.91 Å². The van der Waals surface area contributed by atoms with E-state index in [0.29, 0.717) is 17.3 Å². The van der Waals surface area contributed by atoms with Crippen molar-refractivity contribution in [2.75, 3.05) is 18.5 Å². The minimum Gasteiger partial charge on any atom is -0.375 e. The largest absolute Gasteiger partial charge is 0.375 e. The van der Waals surface area contributed by atoms with Crippen LogP contribution < -0.4 is 10.2 Å². The predicted molar refractivity (Wildman–Crippen MR) is 108 cm³/mol. The standard InChI is InChI=1S/C21H32N4O2/c1-8-9-14-25(7)16-12-10-15(11-13-16)17(26)23-21(5,6)18-22-19(27-24-18)20(2,3)4/h10-13H,8-9,14H2,1-7H3,(H,23,26). The molecule has 0 aliphatic carbocycles. The van der Waals surface area contributed by atoms with Crippen molar-refractivity contribution in [1.82, 2.24) is 15.5 Å². The van der Waals surface area contributed by atoms with Crippen molar-refractivity contribution in [3.63, 3.8) is 0 Å². The van der Waals surface area contributed by atoms with Crippen LogP contribution in [-0.4, -0.2) is 29.6 Å². The molecule has 1 aromatic heterocycles. The highest BCUT2D eigenvalue weighted by atomic mass is 16.5. The average molecular weight is 373 g/mol. The molecular weight excluding hydrogens is 340 g/mol. The Bertz CT molecular complexity index is 757. The van der Waals surface area contributed by atoms with Gasteiger partial charge >= 0.3 is 0 Å². The van der Waals surface area contributed by atoms with E-state index in [4.69, 9.17) is 4.52 Å². The van der Waals surface area contributed by atoms with Crippen molar-refractivity contribution in [3.05, 3.63) is 41.5 Å². The van der Waals surface area contributed by atoms with Crippen LogP contribution in [0, 0.1) is 0 Å². The summed E-state index contributed by atoms with van der Waals surface area (Å²) in [5.41, 5.74) is 0.744. The van der Waals surface area contributed by atoms with E-state index in [2.05, 4.69) is 34.3 Å². The Kier molecular flexibility index (Phi) is 6.29. The summed E-state index contributed by atoms with van der Waals surface area (Å²) >= 11 is 0. The normalized spacial score (nSPS) is 12.1. The number of anilines is 1. The molecule has 0 saturated heterocycles. The van der Waals surface area contributed by atoms with Crippen LogP contribution in [0.2, 0.25) is 0 Å². The summed E-state index contributed by atoms with van der Waals surface area (Å²) < 4.78 is 5.36. The fraction of sp³-hybridized carbons (Fsp3) is 0.571. The zero-order valence-electron chi connectivity index (χ0n) is 17.6. The molecule has 2 aromatic rings. The van der Waals surface area contributed by atoms with E-state index < -0.39 is 5.54 Å². The summed E-state index contributed by atoms with van der Waals surface area (Å²) in [5.74, 6) is 0.862. The second-order valence-electron chi connectivity index (χ2n) is 8.57. The van der Waals surface area contributed by atoms with Crippen molar-refractivity contribution >= 4 is 11.6 Å². The molecule has 0 aliphatic rings. The zero-order chi connectivity index (χ0) is 20.2. The number of benzene rings is 1. The third kappa shape index (κ3) is 5.31. The highest BCUT2D eigenvalue weighted by Crippen LogP contribution is 2.24. The van der Waals surface area contributed by atoms with Crippen molar-refractivity contribution in [2.24, 2.45) is 0 Å². The maximum Gasteiger partial charge on any atom is 0.252 e. The Hall–Kier alpha value is -2.37. The lowest BCUT2D eigenvalue weighted by atomic mass is 9.96. The lowest BCUT2D eigenvalue weighted by Gasteiger charge is -2.23. The first-order valence-electron chi connectivity index (χ1n) is 9.53. The molecule has 1 amide bonds. The third-order valence-electron chi connectivity index (χ3n) is 4.47. The van der Waals surface area contributed by atoms with E-state index in [-0.39, 0.29) is 11.3 Å². The van der Waals surface area contributed by atoms with Gasteiger partial charge in [0.15, 0.2) is 5.82 Å². The first-order chi connectivity index (χ1) is 12.5. The molecule has 0 spiro atoms. The van der Waals surface area contributed by atoms with Crippen molar-refractivity contribution in [2.45, 2.75) is 65.3 Å². The Morgan fingerprint density at radius 3 is 2.30 bits per heavy atom. The number of amides is 1. The molecule has 0 saturated carbocycles. The Balaban J connectivity index is 2.08. The SMILES string of the molecule is CCCCN(C)c1ccc(C(=O)NC(C)(C)c2noc(C(C)(C)C)n2)cc1. The Morgan fingerprint density at radius 2 is 1.78 bits per heavy atom. The smallest absolute Gasteiger partial charge is 0.252 e. The Morgan fingerprint density at radius 1 is 1.15 bits per heavy atom. The number of carbonyl (C=O) groups excluding carboxylic acids is 1. The molecule has 0 atom stereocenters. The van der Waals surface area contributed by atoms with Gasteiger partial charge in [0.05, 0.1) is 5.54 Å². The van der Waals surface area contributed by atoms with Gasteiger partial charge in [-0.3, -0.25) is 4.79 Å². The number of unbranched alkanes of at least 4 members (excludes halogenated alkanes) is 1. The van der Waals surface area contributed by atoms with Gasteiger partial charge in [0.2, 0.25) is 5.89 Å². The lowest BCUT2D eigenvalue weighted by molar-refractivity contribution is 0.0907. The minimum atomic E-state index is -0.735. The molecule has 1 aromatic carbocycles. The summed E-state index contributed by atoms with van der Waals surface area (Å²) in [5, 5.41) is 7.06. The number of rotatable bonds is 7. The van der Waals surface area contributed by atoms with E-state index in [0.717, 1.165) is 25.1 Å². The van der Waals surface area contributed by atoms with E-state index in [1.165, 1.54) is 0 Å². The first-order valence-corrected chi connectivity index (χ1v) is 9.53. The summed E-state index contributed by atoms with van der Waals surface area (Å²) in [6.07, 6.45) is 2.31. The molecular formula is C21H32N4O2. The molecule has 0 radical (unpaired) electrons. The van der Waals surface area contributed by atoms with Gasteiger partial charge in [-0.15, -0.1) is 0 Å². The van der Waals surface area contributed by atoms with Crippen LogP contribution in [0.25, 0.3) is 0 Å². The minimum absolute atomic E-state index is 0.162.